The quantitative estimate of drug-likeness (QED) is 0.492. The second-order valence-corrected chi connectivity index (χ2v) is 6.94. The molecule has 9 nitrogen and oxygen atoms in total. The van der Waals surface area contributed by atoms with Gasteiger partial charge in [0.05, 0.1) is 18.1 Å². The highest BCUT2D eigenvalue weighted by Gasteiger charge is 2.19. The van der Waals surface area contributed by atoms with Gasteiger partial charge in [0.2, 0.25) is 17.7 Å². The van der Waals surface area contributed by atoms with Crippen molar-refractivity contribution in [2.75, 3.05) is 5.32 Å². The number of nitrogens with one attached hydrogen (secondary N) is 1. The molecule has 5 aromatic heterocycles. The average Bonchev–Trinajstić information content (AvgIpc) is 3.44. The van der Waals surface area contributed by atoms with E-state index in [0.717, 1.165) is 10.9 Å². The van der Waals surface area contributed by atoms with Crippen LogP contribution in [0.2, 0.25) is 0 Å². The van der Waals surface area contributed by atoms with Crippen molar-refractivity contribution >= 4 is 39.9 Å². The summed E-state index contributed by atoms with van der Waals surface area (Å²) in [6.45, 7) is 2.69. The third-order valence-electron chi connectivity index (χ3n) is 4.26. The first-order valence-electron chi connectivity index (χ1n) is 8.70. The van der Waals surface area contributed by atoms with Crippen molar-refractivity contribution in [1.29, 1.82) is 0 Å². The highest BCUT2D eigenvalue weighted by atomic mass is 32.1. The van der Waals surface area contributed by atoms with Crippen LogP contribution in [0.25, 0.3) is 28.3 Å². The number of rotatable bonds is 5. The molecule has 0 radical (unpaired) electrons. The second-order valence-electron chi connectivity index (χ2n) is 6.16. The largest absolute Gasteiger partial charge is 0.461 e. The summed E-state index contributed by atoms with van der Waals surface area (Å²) >= 11 is 1.55. The predicted octanol–water partition coefficient (Wildman–Crippen LogP) is 3.00. The number of carbonyl (C=O) groups is 1. The van der Waals surface area contributed by atoms with Gasteiger partial charge in [0.15, 0.2) is 17.1 Å². The van der Waals surface area contributed by atoms with E-state index in [2.05, 4.69) is 25.5 Å². The fourth-order valence-electron chi connectivity index (χ4n) is 2.93. The minimum absolute atomic E-state index is 0.184. The molecule has 10 heteroatoms. The van der Waals surface area contributed by atoms with Crippen molar-refractivity contribution in [3.8, 4) is 11.6 Å². The summed E-state index contributed by atoms with van der Waals surface area (Å²) in [6, 6.07) is 5.47. The van der Waals surface area contributed by atoms with E-state index < -0.39 is 0 Å². The molecule has 0 aliphatic heterocycles. The molecule has 5 rings (SSSR count). The number of aryl methyl sites for hydroxylation is 1. The molecule has 28 heavy (non-hydrogen) atoms. The van der Waals surface area contributed by atoms with Crippen molar-refractivity contribution in [3.63, 3.8) is 0 Å². The molecule has 0 bridgehead atoms. The molecule has 140 valence electrons. The molecule has 1 N–H and O–H groups in total. The molecule has 0 saturated carbocycles. The first-order chi connectivity index (χ1) is 13.7. The Hall–Kier alpha value is -3.53. The summed E-state index contributed by atoms with van der Waals surface area (Å²) in [6.07, 6.45) is 3.69. The van der Waals surface area contributed by atoms with E-state index in [9.17, 15) is 4.79 Å². The molecule has 5 aromatic rings. The average molecular weight is 393 g/mol. The van der Waals surface area contributed by atoms with Crippen LogP contribution in [0.4, 0.5) is 5.95 Å². The maximum Gasteiger partial charge on any atom is 0.234 e. The Morgan fingerprint density at radius 1 is 1.29 bits per heavy atom. The summed E-state index contributed by atoms with van der Waals surface area (Å²) in [7, 11) is 0. The van der Waals surface area contributed by atoms with Crippen molar-refractivity contribution in [2.45, 2.75) is 19.9 Å². The van der Waals surface area contributed by atoms with Crippen LogP contribution in [-0.4, -0.2) is 35.3 Å². The van der Waals surface area contributed by atoms with Crippen molar-refractivity contribution < 1.29 is 9.21 Å². The lowest BCUT2D eigenvalue weighted by molar-refractivity contribution is -0.115. The van der Waals surface area contributed by atoms with Gasteiger partial charge in [0.25, 0.3) is 0 Å². The van der Waals surface area contributed by atoms with Gasteiger partial charge >= 0.3 is 0 Å². The van der Waals surface area contributed by atoms with Gasteiger partial charge in [0.1, 0.15) is 0 Å². The molecule has 0 spiro atoms. The van der Waals surface area contributed by atoms with Crippen LogP contribution in [0.1, 0.15) is 12.5 Å². The lowest BCUT2D eigenvalue weighted by Crippen LogP contribution is -2.18. The van der Waals surface area contributed by atoms with Crippen molar-refractivity contribution in [2.24, 2.45) is 0 Å². The van der Waals surface area contributed by atoms with Crippen molar-refractivity contribution in [1.82, 2.24) is 29.4 Å². The molecule has 0 saturated heterocycles. The highest BCUT2D eigenvalue weighted by molar-refractivity contribution is 7.08. The van der Waals surface area contributed by atoms with E-state index in [0.29, 0.717) is 29.4 Å². The normalized spacial score (nSPS) is 11.5. The minimum Gasteiger partial charge on any atom is -0.461 e. The summed E-state index contributed by atoms with van der Waals surface area (Å²) in [5.74, 6) is 1.04. The number of hydrogen-bond acceptors (Lipinski definition) is 7. The molecule has 1 amide bonds. The maximum absolute atomic E-state index is 12.5. The number of nitrogens with zero attached hydrogens (tertiary/aromatic N) is 6. The lowest BCUT2D eigenvalue weighted by Gasteiger charge is -2.05. The molecule has 0 aliphatic carbocycles. The molecule has 0 fully saturated rings. The van der Waals surface area contributed by atoms with Gasteiger partial charge in [-0.3, -0.25) is 14.8 Å². The summed E-state index contributed by atoms with van der Waals surface area (Å²) in [5.41, 5.74) is 2.01. The zero-order valence-electron chi connectivity index (χ0n) is 14.9. The predicted molar refractivity (Wildman–Crippen MR) is 104 cm³/mol. The summed E-state index contributed by atoms with van der Waals surface area (Å²) in [4.78, 5) is 21.6. The van der Waals surface area contributed by atoms with Gasteiger partial charge in [0, 0.05) is 12.7 Å². The third kappa shape index (κ3) is 2.83. The van der Waals surface area contributed by atoms with E-state index in [-0.39, 0.29) is 18.3 Å². The number of aromatic nitrogens is 6. The molecular weight excluding hydrogens is 378 g/mol. The Labute approximate surface area is 162 Å². The second kappa shape index (κ2) is 6.57. The van der Waals surface area contributed by atoms with Crippen LogP contribution >= 0.6 is 11.3 Å². The third-order valence-corrected chi connectivity index (χ3v) is 5.00. The number of fused-ring (bicyclic) bond motifs is 3. The summed E-state index contributed by atoms with van der Waals surface area (Å²) < 4.78 is 8.71. The van der Waals surface area contributed by atoms with E-state index in [1.54, 1.807) is 34.4 Å². The van der Waals surface area contributed by atoms with E-state index >= 15 is 0 Å². The Bertz CT molecular complexity index is 1270. The number of thiophene rings is 1. The van der Waals surface area contributed by atoms with Crippen LogP contribution in [-0.2, 0) is 17.8 Å². The van der Waals surface area contributed by atoms with Crippen LogP contribution < -0.4 is 5.32 Å². The van der Waals surface area contributed by atoms with E-state index in [1.807, 2.05) is 29.9 Å². The lowest BCUT2D eigenvalue weighted by atomic mass is 10.2. The molecule has 0 aliphatic rings. The number of hydrogen-bond donors (Lipinski definition) is 1. The highest BCUT2D eigenvalue weighted by Crippen LogP contribution is 2.24. The Morgan fingerprint density at radius 2 is 2.21 bits per heavy atom. The standard InChI is InChI=1S/C18H15N7O2S/c1-2-24-9-12-15(22-24)21-18(19-14(26)8-11-5-7-28-10-11)25-17(12)20-16(23-25)13-4-3-6-27-13/h3-7,9-10H,2,8H2,1H3,(H,19,21,22,26). The number of carbonyl (C=O) groups excluding carboxylic acids is 1. The SMILES string of the molecule is CCn1cc2c(nc(NC(=O)Cc3ccsc3)n3nc(-c4ccco4)nc23)n1. The first-order valence-corrected chi connectivity index (χ1v) is 9.64. The van der Waals surface area contributed by atoms with Gasteiger partial charge in [-0.05, 0) is 41.4 Å². The topological polar surface area (TPSA) is 103 Å². The van der Waals surface area contributed by atoms with Crippen LogP contribution in [0.3, 0.4) is 0 Å². The van der Waals surface area contributed by atoms with Gasteiger partial charge in [-0.25, -0.2) is 4.98 Å². The molecule has 5 heterocycles. The van der Waals surface area contributed by atoms with Gasteiger partial charge in [-0.1, -0.05) is 0 Å². The monoisotopic (exact) mass is 393 g/mol. The van der Waals surface area contributed by atoms with Gasteiger partial charge in [-0.15, -0.1) is 5.10 Å². The zero-order valence-corrected chi connectivity index (χ0v) is 15.7. The number of furan rings is 1. The Balaban J connectivity index is 1.62. The molecule has 0 aromatic carbocycles. The van der Waals surface area contributed by atoms with Crippen LogP contribution in [0.5, 0.6) is 0 Å². The van der Waals surface area contributed by atoms with E-state index in [1.165, 1.54) is 4.52 Å². The van der Waals surface area contributed by atoms with Crippen LogP contribution in [0, 0.1) is 0 Å². The van der Waals surface area contributed by atoms with Crippen LogP contribution in [0.15, 0.2) is 45.8 Å². The smallest absolute Gasteiger partial charge is 0.234 e. The zero-order chi connectivity index (χ0) is 19.1. The maximum atomic E-state index is 12.5. The Morgan fingerprint density at radius 3 is 2.96 bits per heavy atom. The van der Waals surface area contributed by atoms with Gasteiger partial charge in [-0.2, -0.15) is 25.9 Å². The van der Waals surface area contributed by atoms with Gasteiger partial charge < -0.3 is 4.42 Å². The van der Waals surface area contributed by atoms with E-state index in [4.69, 9.17) is 4.42 Å². The summed E-state index contributed by atoms with van der Waals surface area (Å²) in [5, 5.41) is 16.4. The fraction of sp³-hybridized carbons (Fsp3) is 0.167. The first kappa shape index (κ1) is 16.6. The Kier molecular flexibility index (Phi) is 3.90. The minimum atomic E-state index is -0.184. The number of anilines is 1. The fourth-order valence-corrected chi connectivity index (χ4v) is 3.60. The molecule has 0 atom stereocenters. The van der Waals surface area contributed by atoms with Crippen molar-refractivity contribution in [3.05, 3.63) is 47.0 Å². The molecular formula is C18H15N7O2S. The number of amides is 1. The molecule has 0 unspecified atom stereocenters.